The minimum Gasteiger partial charge on any atom is -0.333 e. The predicted molar refractivity (Wildman–Crippen MR) is 130 cm³/mol. The topological polar surface area (TPSA) is 44.7 Å². The van der Waals surface area contributed by atoms with Gasteiger partial charge < -0.3 is 5.32 Å². The molecule has 2 heterocycles. The Morgan fingerprint density at radius 3 is 2.81 bits per heavy atom. The van der Waals surface area contributed by atoms with Crippen LogP contribution in [0.5, 0.6) is 0 Å². The van der Waals surface area contributed by atoms with Gasteiger partial charge in [0.1, 0.15) is 0 Å². The smallest absolute Gasteiger partial charge is 0.333 e. The number of carbonyl (C=O) groups is 1. The van der Waals surface area contributed by atoms with Gasteiger partial charge in [0, 0.05) is 22.4 Å². The maximum Gasteiger partial charge on any atom is 0.338 e. The van der Waals surface area contributed by atoms with E-state index in [-0.39, 0.29) is 23.4 Å². The number of fused-ring (bicyclic) bond motifs is 3. The van der Waals surface area contributed by atoms with Crippen molar-refractivity contribution in [3.63, 3.8) is 0 Å². The lowest BCUT2D eigenvalue weighted by Crippen LogP contribution is -2.50. The first-order chi connectivity index (χ1) is 14.8. The van der Waals surface area contributed by atoms with E-state index in [0.717, 1.165) is 31.6 Å². The van der Waals surface area contributed by atoms with Crippen molar-refractivity contribution in [1.29, 1.82) is 0 Å². The summed E-state index contributed by atoms with van der Waals surface area (Å²) in [6.07, 6.45) is 6.83. The summed E-state index contributed by atoms with van der Waals surface area (Å²) in [7, 11) is 0. The Labute approximate surface area is 190 Å². The van der Waals surface area contributed by atoms with E-state index in [2.05, 4.69) is 62.7 Å². The number of hydrogen-bond donors (Lipinski definition) is 1. The highest BCUT2D eigenvalue weighted by atomic mass is 32.1. The zero-order valence-corrected chi connectivity index (χ0v) is 20.1. The first kappa shape index (κ1) is 21.0. The van der Waals surface area contributed by atoms with Gasteiger partial charge in [0.25, 0.3) is 0 Å². The normalized spacial score (nSPS) is 31.4. The predicted octanol–water partition coefficient (Wildman–Crippen LogP) is 6.77. The van der Waals surface area contributed by atoms with Crippen molar-refractivity contribution in [1.82, 2.24) is 10.3 Å². The van der Waals surface area contributed by atoms with Gasteiger partial charge in [-0.05, 0) is 71.2 Å². The quantitative estimate of drug-likeness (QED) is 0.551. The van der Waals surface area contributed by atoms with Crippen LogP contribution in [0.4, 0.5) is 4.79 Å². The number of nitrogens with zero attached hydrogens (tertiary/aromatic N) is 2. The Bertz CT molecular complexity index is 1020. The third-order valence-electron chi connectivity index (χ3n) is 9.01. The highest BCUT2D eigenvalue weighted by Gasteiger charge is 2.61. The summed E-state index contributed by atoms with van der Waals surface area (Å²) in [5, 5.41) is 13.6. The fourth-order valence-electron chi connectivity index (χ4n) is 6.45. The van der Waals surface area contributed by atoms with Crippen LogP contribution in [0, 0.1) is 16.7 Å². The van der Waals surface area contributed by atoms with E-state index in [1.807, 2.05) is 0 Å². The van der Waals surface area contributed by atoms with Crippen LogP contribution in [0.3, 0.4) is 0 Å². The third-order valence-corrected chi connectivity index (χ3v) is 9.99. The molecule has 4 atom stereocenters. The van der Waals surface area contributed by atoms with Gasteiger partial charge in [0.2, 0.25) is 0 Å². The second kappa shape index (κ2) is 7.61. The van der Waals surface area contributed by atoms with E-state index in [9.17, 15) is 4.79 Å². The van der Waals surface area contributed by atoms with Gasteiger partial charge in [-0.2, -0.15) is 5.10 Å². The maximum atomic E-state index is 13.3. The number of benzene rings is 1. The van der Waals surface area contributed by atoms with Gasteiger partial charge in [-0.15, -0.1) is 11.3 Å². The molecule has 3 unspecified atom stereocenters. The lowest BCUT2D eigenvalue weighted by molar-refractivity contribution is 0.118. The van der Waals surface area contributed by atoms with Crippen LogP contribution in [0.1, 0.15) is 77.7 Å². The Hall–Kier alpha value is -1.88. The molecular weight excluding hydrogens is 402 g/mol. The summed E-state index contributed by atoms with van der Waals surface area (Å²) in [6, 6.07) is 8.84. The van der Waals surface area contributed by atoms with Crippen LogP contribution in [0.25, 0.3) is 10.1 Å². The molecule has 1 aromatic heterocycles. The van der Waals surface area contributed by atoms with Crippen molar-refractivity contribution in [3.8, 4) is 0 Å². The molecule has 1 aromatic carbocycles. The van der Waals surface area contributed by atoms with E-state index >= 15 is 0 Å². The van der Waals surface area contributed by atoms with E-state index in [0.29, 0.717) is 12.0 Å². The molecule has 1 aliphatic heterocycles. The molecule has 0 saturated heterocycles. The fourth-order valence-corrected chi connectivity index (χ4v) is 7.46. The summed E-state index contributed by atoms with van der Waals surface area (Å²) in [5.41, 5.74) is 2.98. The maximum absolute atomic E-state index is 13.3. The Kier molecular flexibility index (Phi) is 5.16. The second-order valence-electron chi connectivity index (χ2n) is 10.6. The molecule has 0 spiro atoms. The number of rotatable bonds is 5. The molecule has 2 fully saturated rings. The van der Waals surface area contributed by atoms with Crippen molar-refractivity contribution < 1.29 is 4.79 Å². The molecule has 2 aliphatic carbocycles. The van der Waals surface area contributed by atoms with Gasteiger partial charge in [-0.25, -0.2) is 9.80 Å². The Morgan fingerprint density at radius 1 is 1.29 bits per heavy atom. The number of nitrogens with one attached hydrogen (secondary N) is 1. The first-order valence-electron chi connectivity index (χ1n) is 12.0. The highest BCUT2D eigenvalue weighted by molar-refractivity contribution is 7.17. The fraction of sp³-hybridized carbons (Fsp3) is 0.615. The number of urea groups is 1. The van der Waals surface area contributed by atoms with Crippen molar-refractivity contribution in [2.45, 2.75) is 78.2 Å². The zero-order chi connectivity index (χ0) is 21.8. The molecule has 1 N–H and O–H groups in total. The Balaban J connectivity index is 1.36. The minimum atomic E-state index is -0.00870. The second-order valence-corrected chi connectivity index (χ2v) is 11.5. The molecule has 0 radical (unpaired) electrons. The number of unbranched alkanes of at least 4 members (excludes halogenated alkanes) is 1. The molecule has 4 nitrogen and oxygen atoms in total. The minimum absolute atomic E-state index is 0.00870. The summed E-state index contributed by atoms with van der Waals surface area (Å²) in [6.45, 7) is 10.0. The van der Waals surface area contributed by atoms with Crippen LogP contribution >= 0.6 is 11.3 Å². The first-order valence-corrected chi connectivity index (χ1v) is 12.8. The van der Waals surface area contributed by atoms with E-state index in [1.165, 1.54) is 34.2 Å². The van der Waals surface area contributed by atoms with Gasteiger partial charge in [-0.3, -0.25) is 0 Å². The largest absolute Gasteiger partial charge is 0.338 e. The molecule has 2 aromatic rings. The number of thiophene rings is 1. The van der Waals surface area contributed by atoms with Crippen LogP contribution in [0.15, 0.2) is 34.7 Å². The molecule has 2 saturated carbocycles. The van der Waals surface area contributed by atoms with E-state index in [4.69, 9.17) is 5.10 Å². The summed E-state index contributed by atoms with van der Waals surface area (Å²) in [4.78, 5) is 13.3. The highest BCUT2D eigenvalue weighted by Crippen LogP contribution is 2.65. The molecule has 2 bridgehead atoms. The van der Waals surface area contributed by atoms with Crippen molar-refractivity contribution >= 4 is 33.2 Å². The van der Waals surface area contributed by atoms with Crippen LogP contribution in [-0.4, -0.2) is 29.3 Å². The SMILES string of the molecule is CCCCC1=NN(C(=O)NC2CC3CC[C@]2(C)C3(C)C)CC1c1csc2ccccc12. The summed E-state index contributed by atoms with van der Waals surface area (Å²) in [5.74, 6) is 0.926. The zero-order valence-electron chi connectivity index (χ0n) is 19.3. The Morgan fingerprint density at radius 2 is 2.10 bits per heavy atom. The lowest BCUT2D eigenvalue weighted by atomic mass is 9.69. The number of hydrogen-bond acceptors (Lipinski definition) is 3. The standard InChI is InChI=1S/C26H35N3OS/c1-5-6-10-21-19(20-16-31-22-11-8-7-9-18(20)22)15-29(28-21)24(30)27-23-14-17-12-13-26(23,4)25(17,2)3/h7-9,11,16-17,19,23H,5-6,10,12-15H2,1-4H3,(H,27,30)/t17?,19?,23?,26-/m0/s1. The summed E-state index contributed by atoms with van der Waals surface area (Å²) >= 11 is 1.80. The van der Waals surface area contributed by atoms with Gasteiger partial charge in [0.05, 0.1) is 6.54 Å². The van der Waals surface area contributed by atoms with Crippen molar-refractivity contribution in [2.75, 3.05) is 6.54 Å². The molecular formula is C26H35N3OS. The molecule has 31 heavy (non-hydrogen) atoms. The van der Waals surface area contributed by atoms with Gasteiger partial charge in [-0.1, -0.05) is 52.3 Å². The van der Waals surface area contributed by atoms with Gasteiger partial charge in [0.15, 0.2) is 0 Å². The average molecular weight is 438 g/mol. The van der Waals surface area contributed by atoms with E-state index in [1.54, 1.807) is 16.3 Å². The van der Waals surface area contributed by atoms with Crippen LogP contribution in [-0.2, 0) is 0 Å². The average Bonchev–Trinajstić information content (AvgIpc) is 3.46. The van der Waals surface area contributed by atoms with Gasteiger partial charge >= 0.3 is 6.03 Å². The third kappa shape index (κ3) is 3.23. The molecule has 5 rings (SSSR count). The molecule has 2 amide bonds. The number of amides is 2. The monoisotopic (exact) mass is 437 g/mol. The van der Waals surface area contributed by atoms with E-state index < -0.39 is 0 Å². The number of hydrazone groups is 1. The number of carbonyl (C=O) groups excluding carboxylic acids is 1. The van der Waals surface area contributed by atoms with Crippen LogP contribution in [0.2, 0.25) is 0 Å². The summed E-state index contributed by atoms with van der Waals surface area (Å²) < 4.78 is 1.31. The van der Waals surface area contributed by atoms with Crippen molar-refractivity contribution in [3.05, 3.63) is 35.2 Å². The lowest BCUT2D eigenvalue weighted by Gasteiger charge is -2.39. The molecule has 5 heteroatoms. The van der Waals surface area contributed by atoms with Crippen molar-refractivity contribution in [2.24, 2.45) is 21.8 Å². The molecule has 3 aliphatic rings. The van der Waals surface area contributed by atoms with Crippen LogP contribution < -0.4 is 5.32 Å². The molecule has 166 valence electrons.